The van der Waals surface area contributed by atoms with Gasteiger partial charge in [-0.1, -0.05) is 19.1 Å². The Balaban J connectivity index is 1.95. The van der Waals surface area contributed by atoms with E-state index in [-0.39, 0.29) is 0 Å². The van der Waals surface area contributed by atoms with Crippen molar-refractivity contribution in [3.05, 3.63) is 42.1 Å². The van der Waals surface area contributed by atoms with Crippen LogP contribution in [0.25, 0.3) is 0 Å². The van der Waals surface area contributed by atoms with E-state index in [0.717, 1.165) is 17.7 Å². The Bertz CT molecular complexity index is 546. The minimum absolute atomic E-state index is 0.557. The monoisotopic (exact) mass is 273 g/mol. The van der Waals surface area contributed by atoms with E-state index in [1.807, 2.05) is 24.3 Å². The molecule has 0 aliphatic carbocycles. The van der Waals surface area contributed by atoms with Crippen LogP contribution in [0.15, 0.2) is 36.5 Å². The Kier molecular flexibility index (Phi) is 5.17. The van der Waals surface area contributed by atoms with Crippen LogP contribution < -0.4 is 14.8 Å². The maximum absolute atomic E-state index is 5.47. The molecule has 2 rings (SSSR count). The predicted molar refractivity (Wildman–Crippen MR) is 78.1 cm³/mol. The van der Waals surface area contributed by atoms with Crippen molar-refractivity contribution in [3.8, 4) is 11.6 Å². The first-order valence-electron chi connectivity index (χ1n) is 6.64. The molecule has 5 nitrogen and oxygen atoms in total. The zero-order valence-electron chi connectivity index (χ0n) is 11.8. The van der Waals surface area contributed by atoms with Gasteiger partial charge in [0.1, 0.15) is 5.75 Å². The first kappa shape index (κ1) is 14.1. The van der Waals surface area contributed by atoms with E-state index in [1.165, 1.54) is 0 Å². The molecule has 0 radical (unpaired) electrons. The molecule has 0 aliphatic rings. The fourth-order valence-corrected chi connectivity index (χ4v) is 1.68. The third-order valence-corrected chi connectivity index (χ3v) is 2.67. The van der Waals surface area contributed by atoms with Crippen molar-refractivity contribution < 1.29 is 9.47 Å². The van der Waals surface area contributed by atoms with Crippen LogP contribution in [-0.2, 0) is 6.54 Å². The lowest BCUT2D eigenvalue weighted by atomic mass is 10.2. The Morgan fingerprint density at radius 2 is 2.15 bits per heavy atom. The van der Waals surface area contributed by atoms with E-state index in [0.29, 0.717) is 25.0 Å². The summed E-state index contributed by atoms with van der Waals surface area (Å²) >= 11 is 0. The molecule has 1 aromatic heterocycles. The quantitative estimate of drug-likeness (QED) is 0.840. The molecular weight excluding hydrogens is 254 g/mol. The number of aromatic nitrogens is 2. The van der Waals surface area contributed by atoms with Gasteiger partial charge in [0.2, 0.25) is 11.8 Å². The van der Waals surface area contributed by atoms with Crippen LogP contribution in [0.4, 0.5) is 5.95 Å². The molecule has 0 amide bonds. The van der Waals surface area contributed by atoms with Crippen LogP contribution in [0.1, 0.15) is 18.9 Å². The molecule has 0 spiro atoms. The van der Waals surface area contributed by atoms with Crippen molar-refractivity contribution in [2.24, 2.45) is 0 Å². The second-order valence-electron chi connectivity index (χ2n) is 4.27. The second kappa shape index (κ2) is 7.33. The van der Waals surface area contributed by atoms with Gasteiger partial charge in [0.25, 0.3) is 0 Å². The number of nitrogens with one attached hydrogen (secondary N) is 1. The first-order chi connectivity index (χ1) is 9.81. The van der Waals surface area contributed by atoms with Gasteiger partial charge in [0.05, 0.1) is 13.7 Å². The Hall–Kier alpha value is -2.30. The number of hydrogen-bond donors (Lipinski definition) is 1. The van der Waals surface area contributed by atoms with Crippen LogP contribution >= 0.6 is 0 Å². The molecule has 20 heavy (non-hydrogen) atoms. The van der Waals surface area contributed by atoms with E-state index in [4.69, 9.17) is 9.47 Å². The molecule has 0 bridgehead atoms. The van der Waals surface area contributed by atoms with Gasteiger partial charge in [0, 0.05) is 18.8 Å². The van der Waals surface area contributed by atoms with E-state index in [2.05, 4.69) is 22.2 Å². The van der Waals surface area contributed by atoms with Gasteiger partial charge in [-0.3, -0.25) is 0 Å². The molecule has 0 saturated carbocycles. The molecule has 2 aromatic rings. The standard InChI is InChI=1S/C15H19N3O2/c1-3-9-20-14-7-8-16-15(18-14)17-11-12-5-4-6-13(10-12)19-2/h4-8,10H,3,9,11H2,1-2H3,(H,16,17,18). The van der Waals surface area contributed by atoms with Crippen molar-refractivity contribution in [2.45, 2.75) is 19.9 Å². The van der Waals surface area contributed by atoms with Gasteiger partial charge in [0.15, 0.2) is 0 Å². The highest BCUT2D eigenvalue weighted by atomic mass is 16.5. The summed E-state index contributed by atoms with van der Waals surface area (Å²) in [5.41, 5.74) is 1.10. The van der Waals surface area contributed by atoms with Gasteiger partial charge in [-0.15, -0.1) is 0 Å². The highest BCUT2D eigenvalue weighted by Gasteiger charge is 2.01. The number of rotatable bonds is 7. The summed E-state index contributed by atoms with van der Waals surface area (Å²) in [5.74, 6) is 1.99. The van der Waals surface area contributed by atoms with Crippen molar-refractivity contribution in [1.29, 1.82) is 0 Å². The van der Waals surface area contributed by atoms with Gasteiger partial charge in [-0.2, -0.15) is 4.98 Å². The summed E-state index contributed by atoms with van der Waals surface area (Å²) < 4.78 is 10.7. The molecule has 0 unspecified atom stereocenters. The second-order valence-corrected chi connectivity index (χ2v) is 4.27. The molecule has 1 N–H and O–H groups in total. The van der Waals surface area contributed by atoms with Crippen molar-refractivity contribution >= 4 is 5.95 Å². The third kappa shape index (κ3) is 4.12. The summed E-state index contributed by atoms with van der Waals surface area (Å²) in [7, 11) is 1.66. The van der Waals surface area contributed by atoms with E-state index >= 15 is 0 Å². The van der Waals surface area contributed by atoms with Gasteiger partial charge in [-0.25, -0.2) is 4.98 Å². The average Bonchev–Trinajstić information content (AvgIpc) is 2.51. The third-order valence-electron chi connectivity index (χ3n) is 2.67. The SMILES string of the molecule is CCCOc1ccnc(NCc2cccc(OC)c2)n1. The summed E-state index contributed by atoms with van der Waals surface area (Å²) in [4.78, 5) is 8.46. The summed E-state index contributed by atoms with van der Waals surface area (Å²) in [5, 5.41) is 3.17. The predicted octanol–water partition coefficient (Wildman–Crippen LogP) is 2.89. The normalized spacial score (nSPS) is 10.1. The van der Waals surface area contributed by atoms with E-state index in [1.54, 1.807) is 19.4 Å². The van der Waals surface area contributed by atoms with Crippen LogP contribution in [0.2, 0.25) is 0 Å². The van der Waals surface area contributed by atoms with Crippen molar-refractivity contribution in [3.63, 3.8) is 0 Å². The molecule has 0 saturated heterocycles. The number of methoxy groups -OCH3 is 1. The lowest BCUT2D eigenvalue weighted by Gasteiger charge is -2.08. The zero-order valence-corrected chi connectivity index (χ0v) is 11.8. The van der Waals surface area contributed by atoms with Gasteiger partial charge >= 0.3 is 0 Å². The van der Waals surface area contributed by atoms with Gasteiger partial charge in [-0.05, 0) is 24.1 Å². The molecule has 1 heterocycles. The van der Waals surface area contributed by atoms with Crippen LogP contribution in [-0.4, -0.2) is 23.7 Å². The van der Waals surface area contributed by atoms with Crippen LogP contribution in [0, 0.1) is 0 Å². The molecule has 1 aromatic carbocycles. The number of hydrogen-bond acceptors (Lipinski definition) is 5. The van der Waals surface area contributed by atoms with Crippen LogP contribution in [0.5, 0.6) is 11.6 Å². The molecule has 0 aliphatic heterocycles. The summed E-state index contributed by atoms with van der Waals surface area (Å²) in [6, 6.07) is 9.63. The average molecular weight is 273 g/mol. The van der Waals surface area contributed by atoms with Crippen molar-refractivity contribution in [1.82, 2.24) is 9.97 Å². The maximum atomic E-state index is 5.47. The summed E-state index contributed by atoms with van der Waals surface area (Å²) in [6.07, 6.45) is 2.64. The molecule has 0 fully saturated rings. The Morgan fingerprint density at radius 3 is 2.95 bits per heavy atom. The largest absolute Gasteiger partial charge is 0.497 e. The highest BCUT2D eigenvalue weighted by molar-refractivity contribution is 5.33. The Labute approximate surface area is 119 Å². The first-order valence-corrected chi connectivity index (χ1v) is 6.64. The van der Waals surface area contributed by atoms with Crippen molar-refractivity contribution in [2.75, 3.05) is 19.0 Å². The number of nitrogens with zero attached hydrogens (tertiary/aromatic N) is 2. The maximum Gasteiger partial charge on any atom is 0.226 e. The molecule has 0 atom stereocenters. The minimum atomic E-state index is 0.557. The number of benzene rings is 1. The number of anilines is 1. The Morgan fingerprint density at radius 1 is 1.25 bits per heavy atom. The smallest absolute Gasteiger partial charge is 0.226 e. The highest BCUT2D eigenvalue weighted by Crippen LogP contribution is 2.14. The van der Waals surface area contributed by atoms with E-state index in [9.17, 15) is 0 Å². The van der Waals surface area contributed by atoms with E-state index < -0.39 is 0 Å². The fourth-order valence-electron chi connectivity index (χ4n) is 1.68. The van der Waals surface area contributed by atoms with Crippen LogP contribution in [0.3, 0.4) is 0 Å². The topological polar surface area (TPSA) is 56.3 Å². The lowest BCUT2D eigenvalue weighted by Crippen LogP contribution is -2.05. The lowest BCUT2D eigenvalue weighted by molar-refractivity contribution is 0.305. The zero-order chi connectivity index (χ0) is 14.2. The molecule has 5 heteroatoms. The van der Waals surface area contributed by atoms with Gasteiger partial charge < -0.3 is 14.8 Å². The number of ether oxygens (including phenoxy) is 2. The minimum Gasteiger partial charge on any atom is -0.497 e. The fraction of sp³-hybridized carbons (Fsp3) is 0.333. The summed E-state index contributed by atoms with van der Waals surface area (Å²) in [6.45, 7) is 3.35. The molecular formula is C15H19N3O2. The molecule has 106 valence electrons.